The van der Waals surface area contributed by atoms with Crippen molar-refractivity contribution in [3.8, 4) is 17.0 Å². The number of anilines is 1. The van der Waals surface area contributed by atoms with Crippen molar-refractivity contribution in [1.29, 1.82) is 0 Å². The molecule has 25 heavy (non-hydrogen) atoms. The van der Waals surface area contributed by atoms with Crippen molar-refractivity contribution < 1.29 is 4.74 Å². The Balaban J connectivity index is 1.73. The Bertz CT molecular complexity index is 860. The molecule has 2 aromatic carbocycles. The molecule has 0 amide bonds. The third kappa shape index (κ3) is 4.09. The standard InChI is InChI=1S/C19H19Cl2N3O/c1-3-25-15-7-5-14(6-8-15)18-12-23-19(24(18)2)22-11-13-4-9-16(20)17(21)10-13/h4-10,12H,3,11H2,1-2H3,(H,22,23). The monoisotopic (exact) mass is 375 g/mol. The van der Waals surface area contributed by atoms with E-state index in [1.54, 1.807) is 6.07 Å². The summed E-state index contributed by atoms with van der Waals surface area (Å²) in [5.41, 5.74) is 3.15. The number of nitrogens with one attached hydrogen (secondary N) is 1. The van der Waals surface area contributed by atoms with Crippen LogP contribution in [0.3, 0.4) is 0 Å². The van der Waals surface area contributed by atoms with Crippen LogP contribution in [0.2, 0.25) is 10.0 Å². The van der Waals surface area contributed by atoms with Crippen LogP contribution in [0, 0.1) is 0 Å². The summed E-state index contributed by atoms with van der Waals surface area (Å²) in [6.45, 7) is 3.25. The van der Waals surface area contributed by atoms with Gasteiger partial charge in [0.15, 0.2) is 0 Å². The number of hydrogen-bond acceptors (Lipinski definition) is 3. The summed E-state index contributed by atoms with van der Waals surface area (Å²) in [5.74, 6) is 1.65. The van der Waals surface area contributed by atoms with Crippen LogP contribution in [0.4, 0.5) is 5.95 Å². The smallest absolute Gasteiger partial charge is 0.203 e. The summed E-state index contributed by atoms with van der Waals surface area (Å²) in [6.07, 6.45) is 1.85. The summed E-state index contributed by atoms with van der Waals surface area (Å²) < 4.78 is 7.50. The van der Waals surface area contributed by atoms with Crippen LogP contribution in [-0.2, 0) is 13.6 Å². The third-order valence-electron chi connectivity index (χ3n) is 3.88. The van der Waals surface area contributed by atoms with Crippen molar-refractivity contribution in [2.45, 2.75) is 13.5 Å². The quantitative estimate of drug-likeness (QED) is 0.626. The molecule has 0 atom stereocenters. The molecule has 3 aromatic rings. The first-order valence-electron chi connectivity index (χ1n) is 8.01. The van der Waals surface area contributed by atoms with E-state index in [1.165, 1.54) is 0 Å². The van der Waals surface area contributed by atoms with Gasteiger partial charge >= 0.3 is 0 Å². The van der Waals surface area contributed by atoms with Crippen LogP contribution >= 0.6 is 23.2 Å². The molecule has 1 N–H and O–H groups in total. The summed E-state index contributed by atoms with van der Waals surface area (Å²) >= 11 is 12.0. The highest BCUT2D eigenvalue weighted by atomic mass is 35.5. The first-order chi connectivity index (χ1) is 12.1. The van der Waals surface area contributed by atoms with Gasteiger partial charge in [-0.25, -0.2) is 4.98 Å². The Kier molecular flexibility index (Phi) is 5.51. The Morgan fingerprint density at radius 1 is 1.08 bits per heavy atom. The van der Waals surface area contributed by atoms with E-state index in [2.05, 4.69) is 10.3 Å². The summed E-state index contributed by atoms with van der Waals surface area (Å²) in [7, 11) is 1.98. The van der Waals surface area contributed by atoms with Gasteiger partial charge in [-0.3, -0.25) is 0 Å². The second kappa shape index (κ2) is 7.81. The largest absolute Gasteiger partial charge is 0.494 e. The molecule has 1 heterocycles. The third-order valence-corrected chi connectivity index (χ3v) is 4.62. The molecule has 3 rings (SSSR count). The van der Waals surface area contributed by atoms with Gasteiger partial charge in [0.25, 0.3) is 0 Å². The van der Waals surface area contributed by atoms with Gasteiger partial charge in [0.2, 0.25) is 5.95 Å². The topological polar surface area (TPSA) is 39.1 Å². The molecule has 0 aliphatic rings. The zero-order valence-corrected chi connectivity index (χ0v) is 15.6. The predicted molar refractivity (Wildman–Crippen MR) is 104 cm³/mol. The zero-order valence-electron chi connectivity index (χ0n) is 14.1. The fourth-order valence-electron chi connectivity index (χ4n) is 2.56. The van der Waals surface area contributed by atoms with Gasteiger partial charge in [-0.15, -0.1) is 0 Å². The molecule has 0 saturated heterocycles. The number of imidazole rings is 1. The number of nitrogens with zero attached hydrogens (tertiary/aromatic N) is 2. The van der Waals surface area contributed by atoms with E-state index >= 15 is 0 Å². The van der Waals surface area contributed by atoms with Crippen molar-refractivity contribution in [3.05, 3.63) is 64.3 Å². The highest BCUT2D eigenvalue weighted by molar-refractivity contribution is 6.42. The molecule has 0 unspecified atom stereocenters. The lowest BCUT2D eigenvalue weighted by Gasteiger charge is -2.10. The second-order valence-electron chi connectivity index (χ2n) is 5.59. The lowest BCUT2D eigenvalue weighted by molar-refractivity contribution is 0.340. The van der Waals surface area contributed by atoms with Gasteiger partial charge in [-0.1, -0.05) is 29.3 Å². The number of hydrogen-bond donors (Lipinski definition) is 1. The number of aromatic nitrogens is 2. The van der Waals surface area contributed by atoms with Crippen LogP contribution in [0.25, 0.3) is 11.3 Å². The number of benzene rings is 2. The van der Waals surface area contributed by atoms with Crippen molar-refractivity contribution >= 4 is 29.2 Å². The van der Waals surface area contributed by atoms with Gasteiger partial charge in [0.1, 0.15) is 5.75 Å². The normalized spacial score (nSPS) is 10.7. The highest BCUT2D eigenvalue weighted by Crippen LogP contribution is 2.26. The SMILES string of the molecule is CCOc1ccc(-c2cnc(NCc3ccc(Cl)c(Cl)c3)n2C)cc1. The minimum absolute atomic E-state index is 0.552. The maximum atomic E-state index is 6.06. The molecule has 4 nitrogen and oxygen atoms in total. The van der Waals surface area contributed by atoms with Gasteiger partial charge < -0.3 is 14.6 Å². The van der Waals surface area contributed by atoms with Crippen molar-refractivity contribution in [1.82, 2.24) is 9.55 Å². The van der Waals surface area contributed by atoms with Gasteiger partial charge in [-0.2, -0.15) is 0 Å². The average molecular weight is 376 g/mol. The number of ether oxygens (including phenoxy) is 1. The van der Waals surface area contributed by atoms with E-state index in [4.69, 9.17) is 27.9 Å². The number of halogens is 2. The minimum Gasteiger partial charge on any atom is -0.494 e. The van der Waals surface area contributed by atoms with Gasteiger partial charge in [-0.05, 0) is 48.9 Å². The van der Waals surface area contributed by atoms with E-state index in [0.717, 1.165) is 28.5 Å². The summed E-state index contributed by atoms with van der Waals surface area (Å²) in [4.78, 5) is 4.47. The Morgan fingerprint density at radius 3 is 2.52 bits per heavy atom. The van der Waals surface area contributed by atoms with Crippen molar-refractivity contribution in [2.75, 3.05) is 11.9 Å². The van der Waals surface area contributed by atoms with E-state index in [9.17, 15) is 0 Å². The molecular weight excluding hydrogens is 357 g/mol. The molecule has 0 saturated carbocycles. The average Bonchev–Trinajstić information content (AvgIpc) is 2.98. The van der Waals surface area contributed by atoms with Crippen LogP contribution in [0.1, 0.15) is 12.5 Å². The maximum Gasteiger partial charge on any atom is 0.203 e. The lowest BCUT2D eigenvalue weighted by atomic mass is 10.1. The summed E-state index contributed by atoms with van der Waals surface area (Å²) in [6, 6.07) is 13.6. The van der Waals surface area contributed by atoms with E-state index in [-0.39, 0.29) is 0 Å². The molecule has 0 radical (unpaired) electrons. The van der Waals surface area contributed by atoms with Crippen LogP contribution in [-0.4, -0.2) is 16.2 Å². The summed E-state index contributed by atoms with van der Waals surface area (Å²) in [5, 5.41) is 4.43. The van der Waals surface area contributed by atoms with Crippen molar-refractivity contribution in [2.24, 2.45) is 7.05 Å². The fraction of sp³-hybridized carbons (Fsp3) is 0.211. The zero-order chi connectivity index (χ0) is 17.8. The second-order valence-corrected chi connectivity index (χ2v) is 6.40. The predicted octanol–water partition coefficient (Wildman–Crippen LogP) is 5.40. The molecule has 130 valence electrons. The Morgan fingerprint density at radius 2 is 1.84 bits per heavy atom. The molecular formula is C19H19Cl2N3O. The molecule has 0 fully saturated rings. The highest BCUT2D eigenvalue weighted by Gasteiger charge is 2.09. The Hall–Kier alpha value is -2.17. The van der Waals surface area contributed by atoms with Crippen LogP contribution < -0.4 is 10.1 Å². The first kappa shape index (κ1) is 17.6. The molecule has 0 spiro atoms. The van der Waals surface area contributed by atoms with Crippen molar-refractivity contribution in [3.63, 3.8) is 0 Å². The lowest BCUT2D eigenvalue weighted by Crippen LogP contribution is -2.05. The van der Waals surface area contributed by atoms with E-state index in [1.807, 2.05) is 61.1 Å². The van der Waals surface area contributed by atoms with Gasteiger partial charge in [0.05, 0.1) is 28.5 Å². The van der Waals surface area contributed by atoms with E-state index in [0.29, 0.717) is 23.2 Å². The first-order valence-corrected chi connectivity index (χ1v) is 8.77. The Labute approximate surface area is 157 Å². The molecule has 6 heteroatoms. The van der Waals surface area contributed by atoms with Crippen LogP contribution in [0.15, 0.2) is 48.7 Å². The van der Waals surface area contributed by atoms with E-state index < -0.39 is 0 Å². The minimum atomic E-state index is 0.552. The van der Waals surface area contributed by atoms with Crippen LogP contribution in [0.5, 0.6) is 5.75 Å². The molecule has 0 aliphatic heterocycles. The molecule has 0 aliphatic carbocycles. The maximum absolute atomic E-state index is 6.06. The molecule has 1 aromatic heterocycles. The number of rotatable bonds is 6. The molecule has 0 bridgehead atoms. The van der Waals surface area contributed by atoms with Gasteiger partial charge in [0, 0.05) is 19.2 Å². The fourth-order valence-corrected chi connectivity index (χ4v) is 2.88.